The first-order valence-electron chi connectivity index (χ1n) is 7.61. The lowest BCUT2D eigenvalue weighted by atomic mass is 10.1. The molecule has 0 unspecified atom stereocenters. The van der Waals surface area contributed by atoms with Gasteiger partial charge in [0.25, 0.3) is 5.91 Å². The Morgan fingerprint density at radius 3 is 3.00 bits per heavy atom. The molecule has 0 fully saturated rings. The first-order chi connectivity index (χ1) is 12.1. The highest BCUT2D eigenvalue weighted by atomic mass is 19.1. The van der Waals surface area contributed by atoms with Crippen LogP contribution in [0.1, 0.15) is 15.9 Å². The van der Waals surface area contributed by atoms with E-state index in [-0.39, 0.29) is 24.5 Å². The van der Waals surface area contributed by atoms with Crippen LogP contribution in [0.3, 0.4) is 0 Å². The first-order valence-corrected chi connectivity index (χ1v) is 7.61. The number of aliphatic hydroxyl groups excluding tert-OH is 1. The minimum Gasteiger partial charge on any atom is -0.394 e. The summed E-state index contributed by atoms with van der Waals surface area (Å²) in [5.41, 5.74) is 4.54. The minimum atomic E-state index is -0.521. The maximum absolute atomic E-state index is 14.2. The van der Waals surface area contributed by atoms with E-state index in [1.54, 1.807) is 48.2 Å². The fraction of sp³-hybridized carbons (Fsp3) is 0.176. The zero-order valence-electron chi connectivity index (χ0n) is 13.5. The van der Waals surface area contributed by atoms with Crippen molar-refractivity contribution >= 4 is 22.8 Å². The molecule has 1 amide bonds. The molecule has 3 rings (SSSR count). The van der Waals surface area contributed by atoms with Crippen LogP contribution in [0.2, 0.25) is 0 Å². The second kappa shape index (κ2) is 7.29. The number of aromatic nitrogens is 2. The summed E-state index contributed by atoms with van der Waals surface area (Å²) < 4.78 is 15.9. The lowest BCUT2D eigenvalue weighted by molar-refractivity contribution is 0.0169. The Morgan fingerprint density at radius 2 is 2.24 bits per heavy atom. The molecule has 2 aromatic heterocycles. The summed E-state index contributed by atoms with van der Waals surface area (Å²) in [4.78, 5) is 21.3. The summed E-state index contributed by atoms with van der Waals surface area (Å²) in [5, 5.41) is 11.7. The summed E-state index contributed by atoms with van der Waals surface area (Å²) in [6.45, 7) is 1.54. The molecule has 0 atom stereocenters. The van der Waals surface area contributed by atoms with E-state index in [1.165, 1.54) is 6.07 Å². The van der Waals surface area contributed by atoms with E-state index in [4.69, 9.17) is 9.94 Å². The number of carbonyl (C=O) groups excluding carboxylic acids is 1. The predicted molar refractivity (Wildman–Crippen MR) is 90.1 cm³/mol. The molecular weight excluding hydrogens is 327 g/mol. The molecule has 0 radical (unpaired) electrons. The van der Waals surface area contributed by atoms with Crippen molar-refractivity contribution in [3.8, 4) is 0 Å². The number of hydroxylamine groups is 1. The molecule has 3 aromatic rings. The number of carbonyl (C=O) groups is 1. The normalized spacial score (nSPS) is 10.8. The van der Waals surface area contributed by atoms with Crippen molar-refractivity contribution in [3.63, 3.8) is 0 Å². The number of amides is 1. The largest absolute Gasteiger partial charge is 0.394 e. The van der Waals surface area contributed by atoms with Gasteiger partial charge in [-0.2, -0.15) is 0 Å². The third-order valence-electron chi connectivity index (χ3n) is 3.58. The third-order valence-corrected chi connectivity index (χ3v) is 3.58. The van der Waals surface area contributed by atoms with Crippen molar-refractivity contribution in [2.45, 2.75) is 6.92 Å². The van der Waals surface area contributed by atoms with Crippen LogP contribution < -0.4 is 10.8 Å². The van der Waals surface area contributed by atoms with Crippen molar-refractivity contribution in [2.75, 3.05) is 18.5 Å². The van der Waals surface area contributed by atoms with Gasteiger partial charge in [-0.15, -0.1) is 0 Å². The van der Waals surface area contributed by atoms with E-state index in [2.05, 4.69) is 15.8 Å². The number of anilines is 2. The van der Waals surface area contributed by atoms with Gasteiger partial charge in [-0.25, -0.2) is 14.9 Å². The van der Waals surface area contributed by atoms with Crippen LogP contribution in [0, 0.1) is 12.7 Å². The number of halogens is 1. The van der Waals surface area contributed by atoms with Crippen LogP contribution in [0.15, 0.2) is 43.0 Å². The number of rotatable bonds is 6. The number of pyridine rings is 1. The van der Waals surface area contributed by atoms with Crippen molar-refractivity contribution in [3.05, 3.63) is 59.9 Å². The molecule has 7 nitrogen and oxygen atoms in total. The molecule has 1 aromatic carbocycles. The molecule has 0 aliphatic rings. The Bertz CT molecular complexity index is 910. The molecule has 0 aliphatic carbocycles. The molecule has 0 spiro atoms. The summed E-state index contributed by atoms with van der Waals surface area (Å²) in [5.74, 6) is -0.948. The lowest BCUT2D eigenvalue weighted by Crippen LogP contribution is -2.26. The van der Waals surface area contributed by atoms with E-state index in [1.807, 2.05) is 0 Å². The van der Waals surface area contributed by atoms with Gasteiger partial charge in [-0.1, -0.05) is 6.07 Å². The smallest absolute Gasteiger partial charge is 0.277 e. The van der Waals surface area contributed by atoms with Gasteiger partial charge >= 0.3 is 0 Å². The second-order valence-electron chi connectivity index (χ2n) is 5.40. The zero-order chi connectivity index (χ0) is 17.8. The number of hydrogen-bond acceptors (Lipinski definition) is 5. The fourth-order valence-electron chi connectivity index (χ4n) is 2.39. The van der Waals surface area contributed by atoms with Gasteiger partial charge in [-0.05, 0) is 30.7 Å². The van der Waals surface area contributed by atoms with Gasteiger partial charge in [-0.3, -0.25) is 9.63 Å². The Labute approximate surface area is 143 Å². The summed E-state index contributed by atoms with van der Waals surface area (Å²) in [6.07, 6.45) is 4.82. The molecule has 2 heterocycles. The topological polar surface area (TPSA) is 87.9 Å². The molecule has 3 N–H and O–H groups in total. The maximum atomic E-state index is 14.2. The molecule has 0 saturated heterocycles. The van der Waals surface area contributed by atoms with Gasteiger partial charge in [0.1, 0.15) is 5.82 Å². The number of nitrogens with zero attached hydrogens (tertiary/aromatic N) is 2. The Morgan fingerprint density at radius 1 is 1.40 bits per heavy atom. The molecule has 130 valence electrons. The monoisotopic (exact) mass is 344 g/mol. The average molecular weight is 344 g/mol. The Kier molecular flexibility index (Phi) is 4.92. The van der Waals surface area contributed by atoms with Crippen molar-refractivity contribution in [1.29, 1.82) is 0 Å². The first kappa shape index (κ1) is 16.9. The molecular formula is C17H17FN4O3. The molecule has 25 heavy (non-hydrogen) atoms. The van der Waals surface area contributed by atoms with Gasteiger partial charge in [0.05, 0.1) is 48.2 Å². The maximum Gasteiger partial charge on any atom is 0.277 e. The van der Waals surface area contributed by atoms with Crippen LogP contribution in [0.5, 0.6) is 0 Å². The van der Waals surface area contributed by atoms with Crippen LogP contribution in [0.4, 0.5) is 15.8 Å². The van der Waals surface area contributed by atoms with E-state index >= 15 is 0 Å². The van der Waals surface area contributed by atoms with Crippen LogP contribution in [0.25, 0.3) is 5.52 Å². The highest BCUT2D eigenvalue weighted by Crippen LogP contribution is 2.28. The van der Waals surface area contributed by atoms with Crippen molar-refractivity contribution in [1.82, 2.24) is 14.9 Å². The number of imidazole rings is 1. The number of aliphatic hydroxyl groups is 1. The summed E-state index contributed by atoms with van der Waals surface area (Å²) in [6, 6.07) is 6.35. The van der Waals surface area contributed by atoms with Crippen molar-refractivity contribution < 1.29 is 19.1 Å². The summed E-state index contributed by atoms with van der Waals surface area (Å²) in [7, 11) is 0. The lowest BCUT2D eigenvalue weighted by Gasteiger charge is -2.14. The van der Waals surface area contributed by atoms with Gasteiger partial charge < -0.3 is 14.8 Å². The predicted octanol–water partition coefficient (Wildman–Crippen LogP) is 2.18. The number of hydrogen-bond donors (Lipinski definition) is 3. The minimum absolute atomic E-state index is 0.0317. The highest BCUT2D eigenvalue weighted by molar-refractivity contribution is 6.03. The number of aryl methyl sites for hydroxylation is 1. The average Bonchev–Trinajstić information content (AvgIpc) is 3.06. The zero-order valence-corrected chi connectivity index (χ0v) is 13.5. The molecule has 0 bridgehead atoms. The van der Waals surface area contributed by atoms with E-state index in [0.717, 1.165) is 5.56 Å². The number of fused-ring (bicyclic) bond motifs is 1. The molecule has 8 heteroatoms. The van der Waals surface area contributed by atoms with Gasteiger partial charge in [0.15, 0.2) is 0 Å². The second-order valence-corrected chi connectivity index (χ2v) is 5.40. The van der Waals surface area contributed by atoms with E-state index in [0.29, 0.717) is 11.2 Å². The summed E-state index contributed by atoms with van der Waals surface area (Å²) >= 11 is 0. The van der Waals surface area contributed by atoms with Crippen LogP contribution in [-0.2, 0) is 4.84 Å². The standard InChI is InChI=1S/C17H17FN4O3/c1-11-2-3-14(13(18)8-11)20-16-12(17(24)21-25-7-6-23)4-5-22-10-19-9-15(16)22/h2-5,8-10,20,23H,6-7H2,1H3,(H,21,24). The van der Waals surface area contributed by atoms with E-state index in [9.17, 15) is 9.18 Å². The SMILES string of the molecule is Cc1ccc(Nc2c(C(=O)NOCCO)ccn3cncc23)c(F)c1. The van der Waals surface area contributed by atoms with Gasteiger partial charge in [0, 0.05) is 6.20 Å². The van der Waals surface area contributed by atoms with E-state index < -0.39 is 11.7 Å². The number of benzene rings is 1. The highest BCUT2D eigenvalue weighted by Gasteiger charge is 2.17. The van der Waals surface area contributed by atoms with Crippen LogP contribution >= 0.6 is 0 Å². The van der Waals surface area contributed by atoms with Gasteiger partial charge in [0.2, 0.25) is 0 Å². The third kappa shape index (κ3) is 3.59. The fourth-order valence-corrected chi connectivity index (χ4v) is 2.39. The van der Waals surface area contributed by atoms with Crippen LogP contribution in [-0.4, -0.2) is 33.6 Å². The van der Waals surface area contributed by atoms with Crippen molar-refractivity contribution in [2.24, 2.45) is 0 Å². The molecule has 0 aliphatic heterocycles. The quantitative estimate of drug-likeness (QED) is 0.471. The Hall–Kier alpha value is -2.97. The Balaban J connectivity index is 2.00. The molecule has 0 saturated carbocycles. The number of nitrogens with one attached hydrogen (secondary N) is 2.